The first-order chi connectivity index (χ1) is 11.8. The summed E-state index contributed by atoms with van der Waals surface area (Å²) in [7, 11) is 0. The monoisotopic (exact) mass is 365 g/mol. The minimum atomic E-state index is -0.854. The molecule has 6 nitrogen and oxygen atoms in total. The van der Waals surface area contributed by atoms with Crippen molar-refractivity contribution in [2.45, 2.75) is 26.6 Å². The third-order valence-corrected chi connectivity index (χ3v) is 4.23. The van der Waals surface area contributed by atoms with Crippen molar-refractivity contribution < 1.29 is 4.39 Å². The molecule has 0 radical (unpaired) electrons. The largest absolute Gasteiger partial charge is 0.336 e. The molecule has 0 spiro atoms. The Morgan fingerprint density at radius 2 is 1.48 bits per heavy atom. The molecule has 0 saturated carbocycles. The lowest BCUT2D eigenvalue weighted by Crippen LogP contribution is -2.54. The number of halogens is 2. The third kappa shape index (κ3) is 3.41. The van der Waals surface area contributed by atoms with Crippen LogP contribution in [-0.2, 0) is 19.6 Å². The normalized spacial score (nSPS) is 10.7. The number of hydrogen-bond donors (Lipinski definition) is 0. The second kappa shape index (κ2) is 7.48. The van der Waals surface area contributed by atoms with Gasteiger partial charge in [0, 0.05) is 5.56 Å². The molecule has 0 aliphatic carbocycles. The summed E-state index contributed by atoms with van der Waals surface area (Å²) in [6.45, 7) is 8.11. The highest BCUT2D eigenvalue weighted by atomic mass is 35.5. The zero-order valence-corrected chi connectivity index (χ0v) is 14.4. The predicted octanol–water partition coefficient (Wildman–Crippen LogP) is 1.69. The van der Waals surface area contributed by atoms with Crippen LogP contribution in [0.15, 0.2) is 51.8 Å². The van der Waals surface area contributed by atoms with Crippen LogP contribution >= 0.6 is 11.6 Å². The lowest BCUT2D eigenvalue weighted by atomic mass is 10.1. The summed E-state index contributed by atoms with van der Waals surface area (Å²) in [4.78, 5) is 37.4. The first-order valence-electron chi connectivity index (χ1n) is 7.43. The summed E-state index contributed by atoms with van der Waals surface area (Å²) in [5.41, 5.74) is -1.87. The van der Waals surface area contributed by atoms with E-state index in [1.54, 1.807) is 6.92 Å². The summed E-state index contributed by atoms with van der Waals surface area (Å²) < 4.78 is 16.6. The van der Waals surface area contributed by atoms with Crippen molar-refractivity contribution in [3.63, 3.8) is 0 Å². The molecule has 0 aliphatic rings. The minimum absolute atomic E-state index is 0.00909. The number of nitrogens with zero attached hydrogens (tertiary/aromatic N) is 3. The zero-order chi connectivity index (χ0) is 18.7. The van der Waals surface area contributed by atoms with Gasteiger partial charge in [0.2, 0.25) is 0 Å². The number of aromatic nitrogens is 3. The average Bonchev–Trinajstić information content (AvgIpc) is 2.58. The zero-order valence-electron chi connectivity index (χ0n) is 13.7. The summed E-state index contributed by atoms with van der Waals surface area (Å²) in [6, 6.07) is 2.71. The molecule has 25 heavy (non-hydrogen) atoms. The van der Waals surface area contributed by atoms with Crippen LogP contribution in [-0.4, -0.2) is 13.7 Å². The van der Waals surface area contributed by atoms with E-state index < -0.39 is 29.4 Å². The first-order valence-corrected chi connectivity index (χ1v) is 7.81. The molecule has 0 amide bonds. The summed E-state index contributed by atoms with van der Waals surface area (Å²) >= 11 is 6.12. The molecule has 0 N–H and O–H groups in total. The highest BCUT2D eigenvalue weighted by Gasteiger charge is 2.18. The minimum Gasteiger partial charge on any atom is -0.247 e. The average molecular weight is 366 g/mol. The van der Waals surface area contributed by atoms with Crippen molar-refractivity contribution in [2.24, 2.45) is 0 Å². The van der Waals surface area contributed by atoms with Crippen LogP contribution in [0.5, 0.6) is 0 Å². The summed E-state index contributed by atoms with van der Waals surface area (Å²) in [5, 5.41) is 0.128. The Morgan fingerprint density at radius 1 is 1.00 bits per heavy atom. The van der Waals surface area contributed by atoms with E-state index in [1.807, 2.05) is 0 Å². The summed E-state index contributed by atoms with van der Waals surface area (Å²) in [6.07, 6.45) is 2.71. The van der Waals surface area contributed by atoms with Gasteiger partial charge in [-0.3, -0.25) is 0 Å². The second-order valence-electron chi connectivity index (χ2n) is 5.39. The number of allylic oxidation sites excluding steroid dienone is 2. The van der Waals surface area contributed by atoms with Crippen molar-refractivity contribution in [2.75, 3.05) is 0 Å². The molecule has 0 unspecified atom stereocenters. The van der Waals surface area contributed by atoms with Crippen LogP contribution in [0.25, 0.3) is 0 Å². The standard InChI is InChI=1S/C17H17ClFN3O3/c1-4-8-20-15(23)21(9-5-2)17(25)22(16(20)24)10-12-13(19)7-6-11(3)14(12)18/h4-7H,1-2,8-10H2,3H3. The third-order valence-electron chi connectivity index (χ3n) is 3.70. The molecule has 8 heteroatoms. The number of benzene rings is 1. The Kier molecular flexibility index (Phi) is 5.58. The Hall–Kier alpha value is -2.67. The molecule has 2 aromatic rings. The second-order valence-corrected chi connectivity index (χ2v) is 5.77. The quantitative estimate of drug-likeness (QED) is 0.732. The van der Waals surface area contributed by atoms with Crippen molar-refractivity contribution in [1.29, 1.82) is 0 Å². The van der Waals surface area contributed by atoms with Gasteiger partial charge in [-0.1, -0.05) is 29.8 Å². The smallest absolute Gasteiger partial charge is 0.247 e. The summed E-state index contributed by atoms with van der Waals surface area (Å²) in [5.74, 6) is -0.640. The van der Waals surface area contributed by atoms with Gasteiger partial charge in [-0.2, -0.15) is 0 Å². The Morgan fingerprint density at radius 3 is 1.96 bits per heavy atom. The fraction of sp³-hybridized carbons (Fsp3) is 0.235. The van der Waals surface area contributed by atoms with Gasteiger partial charge in [0.05, 0.1) is 24.7 Å². The predicted molar refractivity (Wildman–Crippen MR) is 94.9 cm³/mol. The van der Waals surface area contributed by atoms with Crippen molar-refractivity contribution in [3.8, 4) is 0 Å². The number of aryl methyl sites for hydroxylation is 1. The first kappa shape index (κ1) is 18.7. The van der Waals surface area contributed by atoms with Gasteiger partial charge in [-0.25, -0.2) is 32.5 Å². The van der Waals surface area contributed by atoms with Crippen LogP contribution in [0, 0.1) is 12.7 Å². The van der Waals surface area contributed by atoms with Gasteiger partial charge in [0.25, 0.3) is 0 Å². The van der Waals surface area contributed by atoms with Crippen LogP contribution in [0.4, 0.5) is 4.39 Å². The molecule has 0 atom stereocenters. The van der Waals surface area contributed by atoms with Gasteiger partial charge in [0.1, 0.15) is 5.82 Å². The van der Waals surface area contributed by atoms with E-state index in [2.05, 4.69) is 13.2 Å². The molecule has 2 rings (SSSR count). The SMILES string of the molecule is C=CCn1c(=O)n(CC=C)c(=O)n(Cc2c(F)ccc(C)c2Cl)c1=O. The molecular formula is C17H17ClFN3O3. The maximum absolute atomic E-state index is 14.1. The lowest BCUT2D eigenvalue weighted by Gasteiger charge is -2.14. The molecule has 0 fully saturated rings. The van der Waals surface area contributed by atoms with Crippen LogP contribution in [0.2, 0.25) is 5.02 Å². The van der Waals surface area contributed by atoms with E-state index in [0.29, 0.717) is 5.56 Å². The van der Waals surface area contributed by atoms with Crippen molar-refractivity contribution >= 4 is 11.6 Å². The van der Waals surface area contributed by atoms with Crippen LogP contribution in [0.3, 0.4) is 0 Å². The van der Waals surface area contributed by atoms with E-state index in [1.165, 1.54) is 24.3 Å². The van der Waals surface area contributed by atoms with Gasteiger partial charge >= 0.3 is 17.1 Å². The van der Waals surface area contributed by atoms with Crippen molar-refractivity contribution in [3.05, 3.63) is 90.9 Å². The molecule has 0 aliphatic heterocycles. The van der Waals surface area contributed by atoms with E-state index in [9.17, 15) is 18.8 Å². The van der Waals surface area contributed by atoms with Gasteiger partial charge in [0.15, 0.2) is 0 Å². The molecule has 0 saturated heterocycles. The molecule has 132 valence electrons. The van der Waals surface area contributed by atoms with E-state index >= 15 is 0 Å². The Bertz CT molecular complexity index is 969. The van der Waals surface area contributed by atoms with E-state index in [4.69, 9.17) is 11.6 Å². The topological polar surface area (TPSA) is 66.0 Å². The highest BCUT2D eigenvalue weighted by Crippen LogP contribution is 2.23. The molecule has 0 bridgehead atoms. The lowest BCUT2D eigenvalue weighted by molar-refractivity contribution is 0.490. The molecular weight excluding hydrogens is 349 g/mol. The molecule has 1 heterocycles. The fourth-order valence-corrected chi connectivity index (χ4v) is 2.62. The highest BCUT2D eigenvalue weighted by molar-refractivity contribution is 6.32. The molecule has 1 aromatic heterocycles. The number of rotatable bonds is 6. The maximum Gasteiger partial charge on any atom is 0.336 e. The van der Waals surface area contributed by atoms with Crippen molar-refractivity contribution in [1.82, 2.24) is 13.7 Å². The fourth-order valence-electron chi connectivity index (χ4n) is 2.41. The van der Waals surface area contributed by atoms with E-state index in [-0.39, 0.29) is 23.7 Å². The van der Waals surface area contributed by atoms with Gasteiger partial charge in [-0.05, 0) is 18.6 Å². The van der Waals surface area contributed by atoms with Crippen LogP contribution < -0.4 is 17.1 Å². The number of hydrogen-bond acceptors (Lipinski definition) is 3. The van der Waals surface area contributed by atoms with Gasteiger partial charge < -0.3 is 0 Å². The molecule has 1 aromatic carbocycles. The van der Waals surface area contributed by atoms with Crippen LogP contribution in [0.1, 0.15) is 11.1 Å². The van der Waals surface area contributed by atoms with E-state index in [0.717, 1.165) is 13.7 Å². The van der Waals surface area contributed by atoms with Gasteiger partial charge in [-0.15, -0.1) is 13.2 Å². The Balaban J connectivity index is 2.78. The maximum atomic E-state index is 14.1. The Labute approximate surface area is 147 Å².